The van der Waals surface area contributed by atoms with Crippen molar-refractivity contribution in [3.8, 4) is 62.5 Å². The number of phenolic OH excluding ortho intramolecular Hbond substituents is 1. The SMILES string of the molecule is CN(C)c1ccc2c(-c3c(Cl)cc(C(=O)NCC#CC(=O)NCc4c(O)ccc5c(-c6ccc(C(=O)O)cc6C(=O)O)c6ccc(=O)cc-6oc45)c(Cl)c3C(=O)O)c3ccc(=[N+](C)C)cc-3oc2c1. The highest BCUT2D eigenvalue weighted by Crippen LogP contribution is 2.47. The molecule has 0 unspecified atom stereocenters. The van der Waals surface area contributed by atoms with Crippen LogP contribution in [0.5, 0.6) is 5.75 Å². The molecule has 0 spiro atoms. The second-order valence-electron chi connectivity index (χ2n) is 16.0. The number of halogens is 2. The van der Waals surface area contributed by atoms with Crippen molar-refractivity contribution >= 4 is 80.6 Å². The number of aromatic hydroxyl groups is 1. The minimum Gasteiger partial charge on any atom is -0.507 e. The van der Waals surface area contributed by atoms with E-state index in [0.29, 0.717) is 33.4 Å². The minimum absolute atomic E-state index is 0.0132. The Morgan fingerprint density at radius 2 is 1.41 bits per heavy atom. The summed E-state index contributed by atoms with van der Waals surface area (Å²) < 4.78 is 14.4. The van der Waals surface area contributed by atoms with Crippen molar-refractivity contribution in [3.63, 3.8) is 0 Å². The molecule has 69 heavy (non-hydrogen) atoms. The van der Waals surface area contributed by atoms with E-state index in [1.165, 1.54) is 48.5 Å². The van der Waals surface area contributed by atoms with Gasteiger partial charge in [-0.2, -0.15) is 0 Å². The van der Waals surface area contributed by atoms with Crippen molar-refractivity contribution in [2.45, 2.75) is 6.54 Å². The van der Waals surface area contributed by atoms with Crippen LogP contribution in [-0.2, 0) is 11.3 Å². The Balaban J connectivity index is 1.07. The smallest absolute Gasteiger partial charge is 0.337 e. The van der Waals surface area contributed by atoms with E-state index in [0.717, 1.165) is 17.1 Å². The first kappa shape index (κ1) is 46.9. The first-order chi connectivity index (χ1) is 32.8. The molecule has 2 heterocycles. The second-order valence-corrected chi connectivity index (χ2v) is 16.8. The van der Waals surface area contributed by atoms with Gasteiger partial charge in [0.05, 0.1) is 57.0 Å². The van der Waals surface area contributed by atoms with Gasteiger partial charge in [-0.15, -0.1) is 0 Å². The third kappa shape index (κ3) is 8.87. The lowest BCUT2D eigenvalue weighted by Crippen LogP contribution is -2.25. The highest BCUT2D eigenvalue weighted by atomic mass is 35.5. The number of benzene rings is 6. The van der Waals surface area contributed by atoms with Gasteiger partial charge in [-0.25, -0.2) is 19.0 Å². The van der Waals surface area contributed by atoms with E-state index in [2.05, 4.69) is 22.5 Å². The molecule has 0 saturated carbocycles. The molecule has 18 heteroatoms. The number of anilines is 1. The number of fused-ring (bicyclic) bond motifs is 4. The fourth-order valence-corrected chi connectivity index (χ4v) is 8.61. The summed E-state index contributed by atoms with van der Waals surface area (Å²) in [6, 6.07) is 22.3. The maximum Gasteiger partial charge on any atom is 0.337 e. The molecule has 2 amide bonds. The number of hydrogen-bond donors (Lipinski definition) is 6. The van der Waals surface area contributed by atoms with Crippen molar-refractivity contribution in [3.05, 3.63) is 144 Å². The van der Waals surface area contributed by atoms with Crippen molar-refractivity contribution in [1.82, 2.24) is 15.2 Å². The van der Waals surface area contributed by atoms with Crippen molar-refractivity contribution in [2.24, 2.45) is 0 Å². The molecule has 0 saturated heterocycles. The van der Waals surface area contributed by atoms with Crippen LogP contribution in [0.3, 0.4) is 0 Å². The van der Waals surface area contributed by atoms with Crippen LogP contribution in [0.2, 0.25) is 10.0 Å². The predicted octanol–water partition coefficient (Wildman–Crippen LogP) is 7.34. The molecular weight excluding hydrogens is 931 g/mol. The normalized spacial score (nSPS) is 11.0. The van der Waals surface area contributed by atoms with Gasteiger partial charge in [0.15, 0.2) is 5.43 Å². The van der Waals surface area contributed by atoms with Crippen molar-refractivity contribution in [2.75, 3.05) is 39.6 Å². The fourth-order valence-electron chi connectivity index (χ4n) is 8.00. The largest absolute Gasteiger partial charge is 0.507 e. The Morgan fingerprint density at radius 1 is 0.710 bits per heavy atom. The highest BCUT2D eigenvalue weighted by Gasteiger charge is 2.30. The quantitative estimate of drug-likeness (QED) is 0.0447. The lowest BCUT2D eigenvalue weighted by molar-refractivity contribution is -0.115. The van der Waals surface area contributed by atoms with Gasteiger partial charge in [0, 0.05) is 76.6 Å². The second kappa shape index (κ2) is 18.6. The number of aromatic carboxylic acids is 3. The molecule has 16 nitrogen and oxygen atoms in total. The van der Waals surface area contributed by atoms with Gasteiger partial charge < -0.3 is 44.8 Å². The van der Waals surface area contributed by atoms with E-state index in [9.17, 15) is 49.2 Å². The number of carbonyl (C=O) groups excluding carboxylic acids is 2. The van der Waals surface area contributed by atoms with E-state index in [4.69, 9.17) is 32.0 Å². The molecule has 0 atom stereocenters. The third-order valence-electron chi connectivity index (χ3n) is 11.3. The summed E-state index contributed by atoms with van der Waals surface area (Å²) in [5, 5.41) is 47.4. The maximum atomic E-state index is 13.6. The van der Waals surface area contributed by atoms with Gasteiger partial charge in [0.1, 0.15) is 42.5 Å². The highest BCUT2D eigenvalue weighted by molar-refractivity contribution is 6.41. The van der Waals surface area contributed by atoms with Gasteiger partial charge in [0.25, 0.3) is 11.8 Å². The van der Waals surface area contributed by atoms with E-state index in [-0.39, 0.29) is 73.0 Å². The fraction of sp³-hybridized carbons (Fsp3) is 0.118. The van der Waals surface area contributed by atoms with Crippen LogP contribution in [0.25, 0.3) is 66.8 Å². The maximum absolute atomic E-state index is 13.6. The van der Waals surface area contributed by atoms with Gasteiger partial charge in [-0.05, 0) is 72.1 Å². The number of nitrogens with zero attached hydrogens (tertiary/aromatic N) is 2. The molecule has 0 bridgehead atoms. The summed E-state index contributed by atoms with van der Waals surface area (Å²) in [7, 11) is 7.48. The number of hydrogen-bond acceptors (Lipinski definition) is 10. The molecule has 2 aliphatic carbocycles. The Labute approximate surface area is 400 Å². The van der Waals surface area contributed by atoms with Crippen LogP contribution >= 0.6 is 23.2 Å². The average Bonchev–Trinajstić information content (AvgIpc) is 3.30. The first-order valence-electron chi connectivity index (χ1n) is 20.7. The number of amides is 2. The number of carboxylic acids is 3. The predicted molar refractivity (Wildman–Crippen MR) is 259 cm³/mol. The molecule has 0 radical (unpaired) electrons. The summed E-state index contributed by atoms with van der Waals surface area (Å²) in [6.45, 7) is -0.791. The molecule has 0 aromatic heterocycles. The third-order valence-corrected chi connectivity index (χ3v) is 12.0. The Kier molecular flexibility index (Phi) is 12.6. The van der Waals surface area contributed by atoms with Gasteiger partial charge >= 0.3 is 17.9 Å². The van der Waals surface area contributed by atoms with Gasteiger partial charge in [-0.3, -0.25) is 14.4 Å². The zero-order chi connectivity index (χ0) is 49.6. The minimum atomic E-state index is -1.45. The van der Waals surface area contributed by atoms with Gasteiger partial charge in [0.2, 0.25) is 5.36 Å². The average molecular weight is 969 g/mol. The van der Waals surface area contributed by atoms with Crippen LogP contribution in [0, 0.1) is 11.8 Å². The number of phenols is 1. The van der Waals surface area contributed by atoms with Crippen LogP contribution in [0.1, 0.15) is 47.0 Å². The molecule has 4 aromatic carbocycles. The standard InChI is InChI=1S/C51H36Cl2N4O12/c1-56(2)25-8-12-30-38(19-25)68-39-20-26(57(3)4)9-13-31(39)43(30)44-36(52)22-34(46(53)45(44)51(66)67)48(61)54-17-5-6-41(60)55-23-35-37(59)16-15-32-42(29-14-10-27(58)21-40(29)69-47(32)35)28-11-7-24(49(62)63)18-33(28)50(64)65/h7-16,18-22H,17,23H2,1-4H3,(H5-,54,55,58,59,60,61,62,63,64,65,66,67)/p+1. The zero-order valence-electron chi connectivity index (χ0n) is 36.8. The van der Waals surface area contributed by atoms with E-state index < -0.39 is 52.3 Å². The number of nitrogens with one attached hydrogen (secondary N) is 2. The Morgan fingerprint density at radius 3 is 2.10 bits per heavy atom. The molecule has 6 N–H and O–H groups in total. The van der Waals surface area contributed by atoms with E-state index in [1.54, 1.807) is 12.1 Å². The lowest BCUT2D eigenvalue weighted by Gasteiger charge is -2.20. The van der Waals surface area contributed by atoms with Crippen LogP contribution < -0.4 is 30.9 Å². The molecule has 4 aliphatic rings. The van der Waals surface area contributed by atoms with Crippen LogP contribution in [-0.4, -0.2) is 84.9 Å². The topological polar surface area (TPSA) is 240 Å². The summed E-state index contributed by atoms with van der Waals surface area (Å²) in [5.41, 5.74) is 1.18. The van der Waals surface area contributed by atoms with E-state index >= 15 is 0 Å². The Hall–Kier alpha value is -8.65. The number of carbonyl (C=O) groups is 5. The van der Waals surface area contributed by atoms with E-state index in [1.807, 2.05) is 61.9 Å². The molecule has 4 aromatic rings. The number of rotatable bonds is 10. The van der Waals surface area contributed by atoms with Crippen LogP contribution in [0.15, 0.2) is 105 Å². The molecule has 0 fully saturated rings. The first-order valence-corrected chi connectivity index (χ1v) is 21.4. The lowest BCUT2D eigenvalue weighted by atomic mass is 9.89. The molecule has 2 aliphatic heterocycles. The zero-order valence-corrected chi connectivity index (χ0v) is 38.3. The summed E-state index contributed by atoms with van der Waals surface area (Å²) >= 11 is 13.7. The molecule has 346 valence electrons. The van der Waals surface area contributed by atoms with Gasteiger partial charge in [-0.1, -0.05) is 35.2 Å². The van der Waals surface area contributed by atoms with Crippen molar-refractivity contribution in [1.29, 1.82) is 0 Å². The molecular formula is C51H37Cl2N4O12+. The van der Waals surface area contributed by atoms with Crippen molar-refractivity contribution < 1.29 is 53.2 Å². The number of carboxylic acid groups (broad SMARTS) is 3. The summed E-state index contributed by atoms with van der Waals surface area (Å²) in [4.78, 5) is 78.1. The summed E-state index contributed by atoms with van der Waals surface area (Å²) in [6.07, 6.45) is 0. The van der Waals surface area contributed by atoms with Crippen LogP contribution in [0.4, 0.5) is 5.69 Å². The Bertz CT molecular complexity index is 3670. The molecule has 8 rings (SSSR count). The summed E-state index contributed by atoms with van der Waals surface area (Å²) in [5.74, 6) is -0.960. The monoisotopic (exact) mass is 967 g/mol.